The molecule has 0 atom stereocenters. The highest BCUT2D eigenvalue weighted by Crippen LogP contribution is 2.31. The van der Waals surface area contributed by atoms with Gasteiger partial charge in [-0.25, -0.2) is 0 Å². The van der Waals surface area contributed by atoms with Crippen LogP contribution >= 0.6 is 12.9 Å². The lowest BCUT2D eigenvalue weighted by molar-refractivity contribution is 0.570. The molecule has 0 spiro atoms. The van der Waals surface area contributed by atoms with Gasteiger partial charge in [-0.15, -0.1) is 3.54 Å². The molecule has 0 aromatic rings. The maximum Gasteiger partial charge on any atom is 0.474 e. The third kappa shape index (κ3) is 5.68. The molecule has 0 aliphatic rings. The Labute approximate surface area is 74.4 Å². The number of halogens is 1. The maximum absolute atomic E-state index is 3.64. The van der Waals surface area contributed by atoms with Crippen LogP contribution in [-0.2, 0) is 0 Å². The molecule has 0 aromatic heterocycles. The van der Waals surface area contributed by atoms with Crippen LogP contribution in [0.1, 0.15) is 40.0 Å². The molecule has 0 aliphatic heterocycles. The van der Waals surface area contributed by atoms with Crippen LogP contribution in [0.3, 0.4) is 0 Å². The molecule has 0 radical (unpaired) electrons. The molecule has 0 aromatic carbocycles. The monoisotopic (exact) mass is 202 g/mol. The second-order valence-corrected chi connectivity index (χ2v) is 7.27. The van der Waals surface area contributed by atoms with E-state index in [4.69, 9.17) is 0 Å². The Hall–Kier alpha value is 1.25. The molecule has 2 heteroatoms. The first kappa shape index (κ1) is 10.2. The second-order valence-electron chi connectivity index (χ2n) is 3.40. The summed E-state index contributed by atoms with van der Waals surface area (Å²) in [5.41, 5.74) is 0. The van der Waals surface area contributed by atoms with Crippen molar-refractivity contribution in [2.45, 2.75) is 43.6 Å². The van der Waals surface area contributed by atoms with Gasteiger partial charge in [0.25, 0.3) is 0 Å². The molecule has 0 saturated heterocycles. The minimum Gasteiger partial charge on any atom is -0.306 e. The van der Waals surface area contributed by atoms with E-state index in [0.717, 1.165) is 0 Å². The van der Waals surface area contributed by atoms with Gasteiger partial charge < -0.3 is 12.9 Å². The van der Waals surface area contributed by atoms with Crippen molar-refractivity contribution in [3.8, 4) is 0 Å². The molecule has 0 aliphatic carbocycles. The van der Waals surface area contributed by atoms with Crippen LogP contribution in [0.2, 0.25) is 3.54 Å². The fraction of sp³-hybridized carbons (Fsp3) is 1.00. The number of rotatable bonds is 4. The van der Waals surface area contributed by atoms with Crippen molar-refractivity contribution < 1.29 is 0 Å². The molecule has 0 nitrogen and oxygen atoms in total. The topological polar surface area (TPSA) is 0 Å². The summed E-state index contributed by atoms with van der Waals surface area (Å²) < 4.78 is 0.649. The first-order valence-electron chi connectivity index (χ1n) is 3.68. The molecule has 9 heavy (non-hydrogen) atoms. The van der Waals surface area contributed by atoms with Crippen molar-refractivity contribution in [3.63, 3.8) is 0 Å². The molecule has 0 rings (SSSR count). The normalized spacial score (nSPS) is 11.1. The molecule has 0 amide bonds. The van der Waals surface area contributed by atoms with Crippen molar-refractivity contribution in [2.24, 2.45) is 0 Å². The summed E-state index contributed by atoms with van der Waals surface area (Å²) in [5.74, 6) is 0. The summed E-state index contributed by atoms with van der Waals surface area (Å²) in [6, 6.07) is 0. The first-order chi connectivity index (χ1) is 4.12. The molecule has 0 unspecified atom stereocenters. The quantitative estimate of drug-likeness (QED) is 0.614. The molecule has 0 N–H and O–H groups in total. The third-order valence-electron chi connectivity index (χ3n) is 1.57. The van der Waals surface area contributed by atoms with E-state index in [9.17, 15) is 0 Å². The zero-order valence-electron chi connectivity index (χ0n) is 6.71. The maximum atomic E-state index is 3.64. The van der Waals surface area contributed by atoms with Gasteiger partial charge in [0.1, 0.15) is 0 Å². The lowest BCUT2D eigenvalue weighted by Crippen LogP contribution is -2.06. The number of hydrogen-bond donors (Lipinski definition) is 0. The van der Waals surface area contributed by atoms with Gasteiger partial charge in [0, 0.05) is 0 Å². The number of unbranched alkanes of at least 4 members (excludes halogenated alkanes) is 1. The largest absolute Gasteiger partial charge is 0.474 e. The van der Waals surface area contributed by atoms with Gasteiger partial charge in [-0.05, 0) is 0 Å². The van der Waals surface area contributed by atoms with Crippen LogP contribution < -0.4 is 0 Å². The van der Waals surface area contributed by atoms with E-state index in [1.54, 1.807) is 0 Å². The lowest BCUT2D eigenvalue weighted by atomic mass is 10.1. The predicted octanol–water partition coefficient (Wildman–Crippen LogP) is 3.39. The summed E-state index contributed by atoms with van der Waals surface area (Å²) in [4.78, 5) is 0. The third-order valence-corrected chi connectivity index (χ3v) is 7.20. The number of hydrogen-bond acceptors (Lipinski definition) is 0. The second kappa shape index (κ2) is 4.97. The van der Waals surface area contributed by atoms with Crippen molar-refractivity contribution in [2.75, 3.05) is 0 Å². The zero-order chi connectivity index (χ0) is 7.33. The fourth-order valence-electron chi connectivity index (χ4n) is 0.722. The molecular formula is C7H15BrMg. The van der Waals surface area contributed by atoms with Crippen molar-refractivity contribution in [1.82, 2.24) is 0 Å². The molecule has 0 fully saturated rings. The SMILES string of the molecule is CCCC[C](C)(C)[Mg][Br]. The highest BCUT2D eigenvalue weighted by Gasteiger charge is 2.17. The summed E-state index contributed by atoms with van der Waals surface area (Å²) >= 11 is 3.67. The van der Waals surface area contributed by atoms with Gasteiger partial charge in [-0.2, -0.15) is 0 Å². The van der Waals surface area contributed by atoms with Crippen LogP contribution in [-0.4, -0.2) is 18.2 Å². The van der Waals surface area contributed by atoms with Gasteiger partial charge in [0.15, 0.2) is 0 Å². The average molecular weight is 203 g/mol. The Kier molecular flexibility index (Phi) is 5.66. The Morgan fingerprint density at radius 2 is 2.00 bits per heavy atom. The Morgan fingerprint density at radius 3 is 2.33 bits per heavy atom. The van der Waals surface area contributed by atoms with Crippen LogP contribution in [0.25, 0.3) is 0 Å². The standard InChI is InChI=1S/C7H15.BrH.Mg/c1-4-5-6-7(2)3;;/h4-6H2,1-3H3;1H;/q;;+1/p-1. The molecule has 0 bridgehead atoms. The van der Waals surface area contributed by atoms with E-state index in [2.05, 4.69) is 33.7 Å². The van der Waals surface area contributed by atoms with Gasteiger partial charge in [-0.1, -0.05) is 40.0 Å². The summed E-state index contributed by atoms with van der Waals surface area (Å²) in [6.45, 7) is 6.99. The minimum absolute atomic E-state index is 0.0341. The molecule has 0 saturated carbocycles. The molecular weight excluding hydrogens is 188 g/mol. The molecule has 0 heterocycles. The highest BCUT2D eigenvalue weighted by molar-refractivity contribution is 9.23. The molecule has 52 valence electrons. The van der Waals surface area contributed by atoms with E-state index in [1.807, 2.05) is 0 Å². The van der Waals surface area contributed by atoms with E-state index >= 15 is 0 Å². The van der Waals surface area contributed by atoms with Crippen LogP contribution in [0.5, 0.6) is 0 Å². The Morgan fingerprint density at radius 1 is 1.44 bits per heavy atom. The summed E-state index contributed by atoms with van der Waals surface area (Å²) in [7, 11) is 0. The Bertz CT molecular complexity index is 71.3. The van der Waals surface area contributed by atoms with E-state index in [-0.39, 0.29) is 18.2 Å². The van der Waals surface area contributed by atoms with Crippen molar-refractivity contribution >= 4 is 31.1 Å². The first-order valence-corrected chi connectivity index (χ1v) is 8.29. The smallest absolute Gasteiger partial charge is 0.306 e. The lowest BCUT2D eigenvalue weighted by Gasteiger charge is -2.20. The van der Waals surface area contributed by atoms with Crippen LogP contribution in [0, 0.1) is 0 Å². The van der Waals surface area contributed by atoms with Gasteiger partial charge in [-0.3, -0.25) is 0 Å². The van der Waals surface area contributed by atoms with E-state index in [0.29, 0.717) is 3.54 Å². The van der Waals surface area contributed by atoms with Gasteiger partial charge >= 0.3 is 18.2 Å². The van der Waals surface area contributed by atoms with Crippen LogP contribution in [0.4, 0.5) is 0 Å². The Balaban J connectivity index is 3.33. The van der Waals surface area contributed by atoms with E-state index in [1.165, 1.54) is 19.3 Å². The average Bonchev–Trinajstić information content (AvgIpc) is 1.84. The summed E-state index contributed by atoms with van der Waals surface area (Å²) in [5, 5.41) is 0. The zero-order valence-corrected chi connectivity index (χ0v) is 9.71. The van der Waals surface area contributed by atoms with Gasteiger partial charge in [0.2, 0.25) is 0 Å². The van der Waals surface area contributed by atoms with E-state index < -0.39 is 0 Å². The van der Waals surface area contributed by atoms with Crippen molar-refractivity contribution in [1.29, 1.82) is 0 Å². The highest BCUT2D eigenvalue weighted by atomic mass is 79.9. The van der Waals surface area contributed by atoms with Gasteiger partial charge in [0.05, 0.1) is 0 Å². The van der Waals surface area contributed by atoms with Crippen LogP contribution in [0.15, 0.2) is 0 Å². The minimum atomic E-state index is 0.0341. The predicted molar refractivity (Wildman–Crippen MR) is 48.2 cm³/mol. The summed E-state index contributed by atoms with van der Waals surface area (Å²) in [6.07, 6.45) is 4.14. The van der Waals surface area contributed by atoms with Crippen molar-refractivity contribution in [3.05, 3.63) is 0 Å². The fourth-order valence-corrected chi connectivity index (χ4v) is 1.95.